The molecule has 1 saturated heterocycles. The monoisotopic (exact) mass is 210 g/mol. The normalized spacial score (nSPS) is 31.1. The van der Waals surface area contributed by atoms with E-state index < -0.39 is 12.1 Å². The third-order valence-electron chi connectivity index (χ3n) is 2.60. The number of carboxylic acid groups (broad SMARTS) is 1. The molecular weight excluding hydrogens is 196 g/mol. The Labute approximate surface area is 88.2 Å². The summed E-state index contributed by atoms with van der Waals surface area (Å²) < 4.78 is 10.7. The Kier molecular flexibility index (Phi) is 3.18. The van der Waals surface area contributed by atoms with Gasteiger partial charge in [0, 0.05) is 0 Å². The molecule has 1 aliphatic heterocycles. The summed E-state index contributed by atoms with van der Waals surface area (Å²) in [4.78, 5) is 10.7. The number of hydrogen-bond acceptors (Lipinski definition) is 3. The number of ether oxygens (including phenoxy) is 2. The molecular formula is C11H14O4. The van der Waals surface area contributed by atoms with Gasteiger partial charge in [0.15, 0.2) is 6.10 Å². The van der Waals surface area contributed by atoms with Crippen molar-refractivity contribution in [3.63, 3.8) is 0 Å². The summed E-state index contributed by atoms with van der Waals surface area (Å²) in [5.41, 5.74) is 1.13. The van der Waals surface area contributed by atoms with E-state index in [0.29, 0.717) is 6.61 Å². The van der Waals surface area contributed by atoms with Gasteiger partial charge in [-0.2, -0.15) is 0 Å². The van der Waals surface area contributed by atoms with Gasteiger partial charge in [0.2, 0.25) is 0 Å². The highest BCUT2D eigenvalue weighted by molar-refractivity contribution is 5.72. The average Bonchev–Trinajstić information content (AvgIpc) is 2.30. The van der Waals surface area contributed by atoms with Gasteiger partial charge in [-0.3, -0.25) is 0 Å². The van der Waals surface area contributed by atoms with Crippen LogP contribution in [0.2, 0.25) is 0 Å². The highest BCUT2D eigenvalue weighted by atomic mass is 16.6. The van der Waals surface area contributed by atoms with Gasteiger partial charge in [-0.25, -0.2) is 4.79 Å². The largest absolute Gasteiger partial charge is 0.479 e. The van der Waals surface area contributed by atoms with Crippen molar-refractivity contribution in [3.05, 3.63) is 23.8 Å². The summed E-state index contributed by atoms with van der Waals surface area (Å²) in [6, 6.07) is 0. The van der Waals surface area contributed by atoms with Gasteiger partial charge in [-0.05, 0) is 18.4 Å². The third kappa shape index (κ3) is 2.46. The molecule has 15 heavy (non-hydrogen) atoms. The first-order valence-electron chi connectivity index (χ1n) is 5.09. The summed E-state index contributed by atoms with van der Waals surface area (Å²) in [7, 11) is 0. The second-order valence-electron chi connectivity index (χ2n) is 3.70. The van der Waals surface area contributed by atoms with Crippen molar-refractivity contribution in [1.82, 2.24) is 0 Å². The van der Waals surface area contributed by atoms with E-state index in [-0.39, 0.29) is 12.7 Å². The van der Waals surface area contributed by atoms with Gasteiger partial charge in [0.1, 0.15) is 6.10 Å². The second kappa shape index (κ2) is 4.59. The first-order chi connectivity index (χ1) is 7.27. The molecule has 0 spiro atoms. The van der Waals surface area contributed by atoms with E-state index in [0.717, 1.165) is 18.4 Å². The fourth-order valence-electron chi connectivity index (χ4n) is 1.77. The van der Waals surface area contributed by atoms with Gasteiger partial charge in [-0.1, -0.05) is 18.2 Å². The van der Waals surface area contributed by atoms with Crippen molar-refractivity contribution in [2.75, 3.05) is 13.2 Å². The molecule has 2 unspecified atom stereocenters. The van der Waals surface area contributed by atoms with Crippen LogP contribution in [0.4, 0.5) is 0 Å². The zero-order chi connectivity index (χ0) is 10.7. The molecule has 0 aromatic carbocycles. The van der Waals surface area contributed by atoms with E-state index in [4.69, 9.17) is 14.6 Å². The van der Waals surface area contributed by atoms with Crippen molar-refractivity contribution >= 4 is 5.97 Å². The van der Waals surface area contributed by atoms with Crippen LogP contribution in [0.15, 0.2) is 23.8 Å². The predicted molar refractivity (Wildman–Crippen MR) is 53.6 cm³/mol. The number of aliphatic carboxylic acids is 1. The SMILES string of the molecule is O=C(O)C1COCC(C2=CC=CCC2)O1. The van der Waals surface area contributed by atoms with Crippen LogP contribution in [-0.2, 0) is 14.3 Å². The lowest BCUT2D eigenvalue weighted by Gasteiger charge is -2.30. The van der Waals surface area contributed by atoms with Crippen LogP contribution in [0, 0.1) is 0 Å². The minimum absolute atomic E-state index is 0.148. The summed E-state index contributed by atoms with van der Waals surface area (Å²) in [5.74, 6) is -0.952. The van der Waals surface area contributed by atoms with Crippen molar-refractivity contribution in [3.8, 4) is 0 Å². The zero-order valence-electron chi connectivity index (χ0n) is 8.39. The lowest BCUT2D eigenvalue weighted by molar-refractivity contribution is -0.173. The fourth-order valence-corrected chi connectivity index (χ4v) is 1.77. The fraction of sp³-hybridized carbons (Fsp3) is 0.545. The van der Waals surface area contributed by atoms with Crippen molar-refractivity contribution in [2.45, 2.75) is 25.0 Å². The summed E-state index contributed by atoms with van der Waals surface area (Å²) in [6.45, 7) is 0.610. The molecule has 1 heterocycles. The lowest BCUT2D eigenvalue weighted by atomic mass is 9.99. The molecule has 2 rings (SSSR count). The third-order valence-corrected chi connectivity index (χ3v) is 2.60. The van der Waals surface area contributed by atoms with E-state index in [2.05, 4.69) is 6.08 Å². The first-order valence-corrected chi connectivity index (χ1v) is 5.09. The molecule has 0 saturated carbocycles. The first kappa shape index (κ1) is 10.4. The molecule has 0 radical (unpaired) electrons. The summed E-state index contributed by atoms with van der Waals surface area (Å²) in [6.07, 6.45) is 6.96. The van der Waals surface area contributed by atoms with Crippen LogP contribution < -0.4 is 0 Å². The van der Waals surface area contributed by atoms with Crippen LogP contribution in [0.1, 0.15) is 12.8 Å². The Morgan fingerprint density at radius 2 is 2.33 bits per heavy atom. The molecule has 0 amide bonds. The number of carbonyl (C=O) groups is 1. The number of rotatable bonds is 2. The highest BCUT2D eigenvalue weighted by Gasteiger charge is 2.30. The molecule has 4 nitrogen and oxygen atoms in total. The highest BCUT2D eigenvalue weighted by Crippen LogP contribution is 2.22. The smallest absolute Gasteiger partial charge is 0.335 e. The minimum atomic E-state index is -0.952. The van der Waals surface area contributed by atoms with Gasteiger partial charge in [0.25, 0.3) is 0 Å². The van der Waals surface area contributed by atoms with E-state index >= 15 is 0 Å². The Balaban J connectivity index is 2.00. The van der Waals surface area contributed by atoms with E-state index in [1.54, 1.807) is 0 Å². The zero-order valence-corrected chi connectivity index (χ0v) is 8.39. The van der Waals surface area contributed by atoms with Crippen molar-refractivity contribution in [2.24, 2.45) is 0 Å². The Bertz CT molecular complexity index is 306. The van der Waals surface area contributed by atoms with Crippen LogP contribution in [-0.4, -0.2) is 36.5 Å². The van der Waals surface area contributed by atoms with E-state index in [9.17, 15) is 4.79 Å². The number of allylic oxidation sites excluding steroid dienone is 3. The summed E-state index contributed by atoms with van der Waals surface area (Å²) in [5, 5.41) is 8.82. The molecule has 2 aliphatic rings. The Hall–Kier alpha value is -1.13. The van der Waals surface area contributed by atoms with Crippen molar-refractivity contribution < 1.29 is 19.4 Å². The topological polar surface area (TPSA) is 55.8 Å². The van der Waals surface area contributed by atoms with Crippen LogP contribution in [0.5, 0.6) is 0 Å². The standard InChI is InChI=1S/C11H14O4/c12-11(13)10-7-14-6-9(15-10)8-4-2-1-3-5-8/h1-2,4,9-10H,3,5-7H2,(H,12,13). The lowest BCUT2D eigenvalue weighted by Crippen LogP contribution is -2.41. The van der Waals surface area contributed by atoms with Gasteiger partial charge in [0.05, 0.1) is 13.2 Å². The van der Waals surface area contributed by atoms with E-state index in [1.807, 2.05) is 12.2 Å². The maximum Gasteiger partial charge on any atom is 0.335 e. The predicted octanol–water partition coefficient (Wildman–Crippen LogP) is 1.13. The molecule has 4 heteroatoms. The molecule has 0 aromatic heterocycles. The maximum absolute atomic E-state index is 10.7. The molecule has 1 fully saturated rings. The average molecular weight is 210 g/mol. The van der Waals surface area contributed by atoms with E-state index in [1.165, 1.54) is 0 Å². The molecule has 0 bridgehead atoms. The second-order valence-corrected chi connectivity index (χ2v) is 3.70. The Morgan fingerprint density at radius 3 is 3.00 bits per heavy atom. The van der Waals surface area contributed by atoms with Crippen LogP contribution in [0.25, 0.3) is 0 Å². The molecule has 1 N–H and O–H groups in total. The molecule has 82 valence electrons. The molecule has 2 atom stereocenters. The maximum atomic E-state index is 10.7. The van der Waals surface area contributed by atoms with Gasteiger partial charge in [-0.15, -0.1) is 0 Å². The van der Waals surface area contributed by atoms with Crippen molar-refractivity contribution in [1.29, 1.82) is 0 Å². The summed E-state index contributed by atoms with van der Waals surface area (Å²) >= 11 is 0. The van der Waals surface area contributed by atoms with Gasteiger partial charge < -0.3 is 14.6 Å². The Morgan fingerprint density at radius 1 is 1.47 bits per heavy atom. The quantitative estimate of drug-likeness (QED) is 0.742. The van der Waals surface area contributed by atoms with Crippen LogP contribution in [0.3, 0.4) is 0 Å². The number of carboxylic acids is 1. The molecule has 1 aliphatic carbocycles. The number of hydrogen-bond donors (Lipinski definition) is 1. The molecule has 0 aromatic rings. The van der Waals surface area contributed by atoms with Crippen LogP contribution >= 0.6 is 0 Å². The van der Waals surface area contributed by atoms with Gasteiger partial charge >= 0.3 is 5.97 Å². The minimum Gasteiger partial charge on any atom is -0.479 e.